The van der Waals surface area contributed by atoms with E-state index in [1.165, 1.54) is 11.3 Å². The molecular formula is C5H3Cl3S. The molecule has 0 aromatic carbocycles. The molecule has 0 saturated heterocycles. The van der Waals surface area contributed by atoms with Crippen LogP contribution in [0.5, 0.6) is 0 Å². The van der Waals surface area contributed by atoms with Gasteiger partial charge in [0, 0.05) is 5.88 Å². The van der Waals surface area contributed by atoms with E-state index in [0.717, 1.165) is 5.56 Å². The van der Waals surface area contributed by atoms with Crippen LogP contribution >= 0.6 is 46.1 Å². The molecule has 0 radical (unpaired) electrons. The smallest absolute Gasteiger partial charge is 0.112 e. The van der Waals surface area contributed by atoms with Crippen molar-refractivity contribution in [2.75, 3.05) is 0 Å². The topological polar surface area (TPSA) is 0 Å². The molecule has 0 unspecified atom stereocenters. The monoisotopic (exact) mass is 200 g/mol. The molecule has 9 heavy (non-hydrogen) atoms. The van der Waals surface area contributed by atoms with Gasteiger partial charge in [-0.1, -0.05) is 23.2 Å². The summed E-state index contributed by atoms with van der Waals surface area (Å²) in [6.07, 6.45) is 0. The lowest BCUT2D eigenvalue weighted by atomic mass is 10.4. The van der Waals surface area contributed by atoms with Crippen LogP contribution in [0.4, 0.5) is 0 Å². The fourth-order valence-electron chi connectivity index (χ4n) is 0.443. The lowest BCUT2D eigenvalue weighted by Crippen LogP contribution is -1.68. The van der Waals surface area contributed by atoms with Crippen LogP contribution in [0.15, 0.2) is 5.38 Å². The summed E-state index contributed by atoms with van der Waals surface area (Å²) in [5.74, 6) is 0.433. The fraction of sp³-hybridized carbons (Fsp3) is 0.200. The van der Waals surface area contributed by atoms with Gasteiger partial charge in [0.15, 0.2) is 0 Å². The van der Waals surface area contributed by atoms with E-state index in [1.807, 2.05) is 5.38 Å². The van der Waals surface area contributed by atoms with Gasteiger partial charge in [-0.25, -0.2) is 0 Å². The number of hydrogen-bond donors (Lipinski definition) is 0. The number of alkyl halides is 1. The summed E-state index contributed by atoms with van der Waals surface area (Å²) in [5, 5.41) is 2.45. The van der Waals surface area contributed by atoms with Gasteiger partial charge in [-0.2, -0.15) is 0 Å². The van der Waals surface area contributed by atoms with Crippen molar-refractivity contribution in [2.45, 2.75) is 5.88 Å². The molecule has 0 nitrogen and oxygen atoms in total. The Labute approximate surface area is 72.3 Å². The summed E-state index contributed by atoms with van der Waals surface area (Å²) < 4.78 is 0.618. The molecule has 0 amide bonds. The second kappa shape index (κ2) is 3.11. The highest BCUT2D eigenvalue weighted by Gasteiger charge is 2.04. The Morgan fingerprint density at radius 2 is 2.11 bits per heavy atom. The Balaban J connectivity index is 3.04. The van der Waals surface area contributed by atoms with E-state index < -0.39 is 0 Å². The number of thiophene rings is 1. The van der Waals surface area contributed by atoms with Gasteiger partial charge in [0.25, 0.3) is 0 Å². The number of halogens is 3. The molecule has 1 aromatic rings. The van der Waals surface area contributed by atoms with Crippen LogP contribution in [-0.2, 0) is 5.88 Å². The van der Waals surface area contributed by atoms with Crippen LogP contribution < -0.4 is 0 Å². The summed E-state index contributed by atoms with van der Waals surface area (Å²) >= 11 is 18.3. The minimum absolute atomic E-state index is 0.433. The Morgan fingerprint density at radius 3 is 2.33 bits per heavy atom. The molecule has 0 atom stereocenters. The zero-order chi connectivity index (χ0) is 6.85. The van der Waals surface area contributed by atoms with Crippen LogP contribution in [-0.4, -0.2) is 0 Å². The van der Waals surface area contributed by atoms with E-state index in [1.54, 1.807) is 0 Å². The Morgan fingerprint density at radius 1 is 1.44 bits per heavy atom. The lowest BCUT2D eigenvalue weighted by Gasteiger charge is -1.86. The zero-order valence-corrected chi connectivity index (χ0v) is 7.41. The van der Waals surface area contributed by atoms with Crippen LogP contribution in [0, 0.1) is 0 Å². The van der Waals surface area contributed by atoms with Crippen molar-refractivity contribution in [1.29, 1.82) is 0 Å². The molecule has 1 rings (SSSR count). The van der Waals surface area contributed by atoms with Crippen molar-refractivity contribution >= 4 is 46.1 Å². The van der Waals surface area contributed by atoms with Gasteiger partial charge in [-0.15, -0.1) is 22.9 Å². The molecule has 0 aliphatic rings. The predicted octanol–water partition coefficient (Wildman–Crippen LogP) is 3.79. The molecule has 4 heteroatoms. The second-order valence-electron chi connectivity index (χ2n) is 1.48. The maximum Gasteiger partial charge on any atom is 0.112 e. The van der Waals surface area contributed by atoms with Crippen LogP contribution in [0.1, 0.15) is 5.56 Å². The van der Waals surface area contributed by atoms with Gasteiger partial charge in [-0.05, 0) is 10.9 Å². The van der Waals surface area contributed by atoms with Gasteiger partial charge in [-0.3, -0.25) is 0 Å². The first-order valence-corrected chi connectivity index (χ1v) is 4.40. The third kappa shape index (κ3) is 1.53. The van der Waals surface area contributed by atoms with Crippen molar-refractivity contribution in [3.63, 3.8) is 0 Å². The van der Waals surface area contributed by atoms with Gasteiger partial charge in [0.1, 0.15) is 4.34 Å². The fourth-order valence-corrected chi connectivity index (χ4v) is 2.07. The molecule has 0 aliphatic heterocycles. The molecule has 0 N–H and O–H groups in total. The third-order valence-electron chi connectivity index (χ3n) is 0.903. The molecule has 0 fully saturated rings. The van der Waals surface area contributed by atoms with Crippen molar-refractivity contribution in [3.05, 3.63) is 20.3 Å². The summed E-state index contributed by atoms with van der Waals surface area (Å²) in [7, 11) is 0. The minimum Gasteiger partial charge on any atom is -0.130 e. The first kappa shape index (κ1) is 7.67. The van der Waals surface area contributed by atoms with Crippen LogP contribution in [0.25, 0.3) is 0 Å². The first-order valence-electron chi connectivity index (χ1n) is 2.23. The van der Waals surface area contributed by atoms with Gasteiger partial charge in [0.05, 0.1) is 5.02 Å². The van der Waals surface area contributed by atoms with Crippen LogP contribution in [0.2, 0.25) is 9.36 Å². The summed E-state index contributed by atoms with van der Waals surface area (Å²) in [4.78, 5) is 0. The largest absolute Gasteiger partial charge is 0.130 e. The Kier molecular flexibility index (Phi) is 2.65. The summed E-state index contributed by atoms with van der Waals surface area (Å²) in [5.41, 5.74) is 0.910. The lowest BCUT2D eigenvalue weighted by molar-refractivity contribution is 1.46. The normalized spacial score (nSPS) is 10.1. The highest BCUT2D eigenvalue weighted by Crippen LogP contribution is 2.32. The van der Waals surface area contributed by atoms with Gasteiger partial charge < -0.3 is 0 Å². The van der Waals surface area contributed by atoms with Crippen molar-refractivity contribution in [1.82, 2.24) is 0 Å². The maximum atomic E-state index is 5.70. The first-order chi connectivity index (χ1) is 4.25. The highest BCUT2D eigenvalue weighted by molar-refractivity contribution is 7.15. The zero-order valence-electron chi connectivity index (χ0n) is 4.33. The van der Waals surface area contributed by atoms with E-state index in [2.05, 4.69) is 0 Å². The molecule has 0 aliphatic carbocycles. The second-order valence-corrected chi connectivity index (χ2v) is 3.61. The Hall–Kier alpha value is 0.570. The van der Waals surface area contributed by atoms with Crippen molar-refractivity contribution < 1.29 is 0 Å². The Bertz CT molecular complexity index is 206. The molecule has 0 saturated carbocycles. The standard InChI is InChI=1S/C5H3Cl3S/c6-1-3-2-9-5(8)4(3)7/h2H,1H2. The summed E-state index contributed by atoms with van der Waals surface area (Å²) in [6, 6.07) is 0. The van der Waals surface area contributed by atoms with Gasteiger partial charge in [0.2, 0.25) is 0 Å². The predicted molar refractivity (Wildman–Crippen MR) is 43.9 cm³/mol. The highest BCUT2D eigenvalue weighted by atomic mass is 35.5. The summed E-state index contributed by atoms with van der Waals surface area (Å²) in [6.45, 7) is 0. The third-order valence-corrected chi connectivity index (χ3v) is 3.10. The van der Waals surface area contributed by atoms with Gasteiger partial charge >= 0.3 is 0 Å². The van der Waals surface area contributed by atoms with Crippen molar-refractivity contribution in [2.24, 2.45) is 0 Å². The molecule has 50 valence electrons. The quantitative estimate of drug-likeness (QED) is 0.607. The maximum absolute atomic E-state index is 5.70. The average Bonchev–Trinajstić information content (AvgIpc) is 2.15. The van der Waals surface area contributed by atoms with E-state index in [9.17, 15) is 0 Å². The van der Waals surface area contributed by atoms with Crippen molar-refractivity contribution in [3.8, 4) is 0 Å². The average molecular weight is 202 g/mol. The minimum atomic E-state index is 0.433. The van der Waals surface area contributed by atoms with E-state index >= 15 is 0 Å². The molecule has 0 bridgehead atoms. The number of hydrogen-bond acceptors (Lipinski definition) is 1. The van der Waals surface area contributed by atoms with E-state index in [0.29, 0.717) is 15.2 Å². The van der Waals surface area contributed by atoms with E-state index in [4.69, 9.17) is 34.8 Å². The number of rotatable bonds is 1. The molecule has 1 heterocycles. The molecule has 0 spiro atoms. The van der Waals surface area contributed by atoms with Crippen LogP contribution in [0.3, 0.4) is 0 Å². The molecular weight excluding hydrogens is 198 g/mol. The molecule has 1 aromatic heterocycles. The SMILES string of the molecule is ClCc1csc(Cl)c1Cl. The van der Waals surface area contributed by atoms with E-state index in [-0.39, 0.29) is 0 Å².